The predicted molar refractivity (Wildman–Crippen MR) is 84.4 cm³/mol. The number of hydrogen-bond acceptors (Lipinski definition) is 3. The summed E-state index contributed by atoms with van der Waals surface area (Å²) < 4.78 is 33.1. The van der Waals surface area contributed by atoms with Gasteiger partial charge in [-0.25, -0.2) is 8.78 Å². The summed E-state index contributed by atoms with van der Waals surface area (Å²) in [5.41, 5.74) is 7.25. The van der Waals surface area contributed by atoms with Gasteiger partial charge < -0.3 is 10.3 Å². The lowest BCUT2D eigenvalue weighted by Gasteiger charge is -2.05. The number of rotatable bonds is 2. The number of nitrogen functional groups attached to an aromatic ring is 1. The standard InChI is InChI=1S/C15H9F2IN2O/c16-9-5-8(6-10(17)7-9)13-14(21-20-15(13)19)11-3-1-2-4-12(11)18/h1-7H,(H2,19,20). The highest BCUT2D eigenvalue weighted by Gasteiger charge is 2.20. The van der Waals surface area contributed by atoms with Crippen LogP contribution in [-0.4, -0.2) is 5.16 Å². The minimum absolute atomic E-state index is 0.0923. The van der Waals surface area contributed by atoms with Crippen molar-refractivity contribution in [2.24, 2.45) is 0 Å². The maximum atomic E-state index is 13.4. The number of benzene rings is 2. The van der Waals surface area contributed by atoms with Gasteiger partial charge in [-0.3, -0.25) is 0 Å². The first-order valence-electron chi connectivity index (χ1n) is 6.03. The second-order valence-electron chi connectivity index (χ2n) is 4.41. The third kappa shape index (κ3) is 2.63. The van der Waals surface area contributed by atoms with Crippen LogP contribution >= 0.6 is 22.6 Å². The zero-order valence-electron chi connectivity index (χ0n) is 10.6. The molecule has 0 radical (unpaired) electrons. The van der Waals surface area contributed by atoms with E-state index in [0.29, 0.717) is 16.9 Å². The fraction of sp³-hybridized carbons (Fsp3) is 0. The van der Waals surface area contributed by atoms with E-state index in [2.05, 4.69) is 27.7 Å². The molecule has 1 heterocycles. The number of halogens is 3. The van der Waals surface area contributed by atoms with Gasteiger partial charge in [0.05, 0.1) is 5.56 Å². The highest BCUT2D eigenvalue weighted by Crippen LogP contribution is 2.38. The topological polar surface area (TPSA) is 52.0 Å². The van der Waals surface area contributed by atoms with Crippen LogP contribution in [0.15, 0.2) is 47.0 Å². The lowest BCUT2D eigenvalue weighted by Crippen LogP contribution is -1.91. The molecule has 6 heteroatoms. The molecule has 0 aliphatic rings. The zero-order valence-corrected chi connectivity index (χ0v) is 12.8. The van der Waals surface area contributed by atoms with Gasteiger partial charge in [0.2, 0.25) is 0 Å². The van der Waals surface area contributed by atoms with E-state index in [0.717, 1.165) is 15.2 Å². The van der Waals surface area contributed by atoms with Gasteiger partial charge in [0, 0.05) is 15.2 Å². The largest absolute Gasteiger partial charge is 0.380 e. The van der Waals surface area contributed by atoms with Crippen molar-refractivity contribution >= 4 is 28.4 Å². The van der Waals surface area contributed by atoms with Gasteiger partial charge in [-0.15, -0.1) is 0 Å². The van der Waals surface area contributed by atoms with E-state index in [1.165, 1.54) is 12.1 Å². The van der Waals surface area contributed by atoms with Crippen molar-refractivity contribution in [2.45, 2.75) is 0 Å². The molecule has 3 nitrogen and oxygen atoms in total. The summed E-state index contributed by atoms with van der Waals surface area (Å²) in [5.74, 6) is -0.879. The first-order valence-corrected chi connectivity index (χ1v) is 7.10. The molecule has 0 atom stereocenters. The SMILES string of the molecule is Nc1noc(-c2ccccc2I)c1-c1cc(F)cc(F)c1. The Labute approximate surface area is 132 Å². The quantitative estimate of drug-likeness (QED) is 0.648. The Balaban J connectivity index is 2.25. The van der Waals surface area contributed by atoms with Crippen molar-refractivity contribution in [3.63, 3.8) is 0 Å². The van der Waals surface area contributed by atoms with Crippen LogP contribution in [0, 0.1) is 15.2 Å². The van der Waals surface area contributed by atoms with Crippen molar-refractivity contribution in [3.05, 3.63) is 57.7 Å². The maximum absolute atomic E-state index is 13.4. The van der Waals surface area contributed by atoms with Crippen LogP contribution < -0.4 is 5.73 Å². The normalized spacial score (nSPS) is 10.8. The van der Waals surface area contributed by atoms with Crippen molar-refractivity contribution in [3.8, 4) is 22.5 Å². The van der Waals surface area contributed by atoms with Gasteiger partial charge in [0.1, 0.15) is 11.6 Å². The second-order valence-corrected chi connectivity index (χ2v) is 5.57. The van der Waals surface area contributed by atoms with E-state index in [1.807, 2.05) is 24.3 Å². The molecule has 0 fully saturated rings. The van der Waals surface area contributed by atoms with Crippen LogP contribution in [0.3, 0.4) is 0 Å². The van der Waals surface area contributed by atoms with E-state index in [1.54, 1.807) is 0 Å². The molecule has 0 spiro atoms. The Bertz CT molecular complexity index is 797. The smallest absolute Gasteiger partial charge is 0.177 e. The molecule has 3 aromatic rings. The van der Waals surface area contributed by atoms with Gasteiger partial charge in [-0.1, -0.05) is 23.4 Å². The summed E-state index contributed by atoms with van der Waals surface area (Å²) in [6.45, 7) is 0. The summed E-state index contributed by atoms with van der Waals surface area (Å²) in [4.78, 5) is 0. The predicted octanol–water partition coefficient (Wildman–Crippen LogP) is 4.47. The van der Waals surface area contributed by atoms with Gasteiger partial charge >= 0.3 is 0 Å². The molecule has 0 saturated heterocycles. The van der Waals surface area contributed by atoms with Crippen molar-refractivity contribution in [1.82, 2.24) is 5.16 Å². The van der Waals surface area contributed by atoms with Crippen LogP contribution in [-0.2, 0) is 0 Å². The van der Waals surface area contributed by atoms with Crippen LogP contribution in [0.5, 0.6) is 0 Å². The molecule has 2 aromatic carbocycles. The van der Waals surface area contributed by atoms with Crippen LogP contribution in [0.2, 0.25) is 0 Å². The molecule has 0 aliphatic carbocycles. The molecule has 106 valence electrons. The third-order valence-electron chi connectivity index (χ3n) is 2.99. The van der Waals surface area contributed by atoms with Gasteiger partial charge in [-0.2, -0.15) is 0 Å². The van der Waals surface area contributed by atoms with E-state index in [9.17, 15) is 8.78 Å². The first-order chi connectivity index (χ1) is 10.1. The summed E-state index contributed by atoms with van der Waals surface area (Å²) >= 11 is 2.15. The molecule has 0 bridgehead atoms. The van der Waals surface area contributed by atoms with E-state index >= 15 is 0 Å². The number of anilines is 1. The number of nitrogens with two attached hydrogens (primary N) is 1. The Hall–Kier alpha value is -1.96. The van der Waals surface area contributed by atoms with Crippen LogP contribution in [0.25, 0.3) is 22.5 Å². The molecular weight excluding hydrogens is 389 g/mol. The van der Waals surface area contributed by atoms with Crippen molar-refractivity contribution in [1.29, 1.82) is 0 Å². The fourth-order valence-electron chi connectivity index (χ4n) is 2.11. The van der Waals surface area contributed by atoms with Gasteiger partial charge in [-0.05, 0) is 46.4 Å². The summed E-state index contributed by atoms with van der Waals surface area (Å²) in [6, 6.07) is 10.7. The van der Waals surface area contributed by atoms with Crippen molar-refractivity contribution < 1.29 is 13.3 Å². The second kappa shape index (κ2) is 5.44. The lowest BCUT2D eigenvalue weighted by atomic mass is 10.0. The van der Waals surface area contributed by atoms with E-state index in [4.69, 9.17) is 10.3 Å². The molecule has 3 rings (SSSR count). The lowest BCUT2D eigenvalue weighted by molar-refractivity contribution is 0.436. The molecule has 1 aromatic heterocycles. The Morgan fingerprint density at radius 1 is 1.05 bits per heavy atom. The fourth-order valence-corrected chi connectivity index (χ4v) is 2.74. The summed E-state index contributed by atoms with van der Waals surface area (Å²) in [7, 11) is 0. The number of aromatic nitrogens is 1. The van der Waals surface area contributed by atoms with Gasteiger partial charge in [0.15, 0.2) is 11.6 Å². The Morgan fingerprint density at radius 2 is 1.71 bits per heavy atom. The minimum atomic E-state index is -0.681. The van der Waals surface area contributed by atoms with Crippen LogP contribution in [0.1, 0.15) is 0 Å². The van der Waals surface area contributed by atoms with Crippen molar-refractivity contribution in [2.75, 3.05) is 5.73 Å². The molecule has 0 aliphatic heterocycles. The average Bonchev–Trinajstić information content (AvgIpc) is 2.80. The van der Waals surface area contributed by atoms with Gasteiger partial charge in [0.25, 0.3) is 0 Å². The first kappa shape index (κ1) is 14.0. The molecule has 2 N–H and O–H groups in total. The Morgan fingerprint density at radius 3 is 2.38 bits per heavy atom. The van der Waals surface area contributed by atoms with E-state index in [-0.39, 0.29) is 5.82 Å². The highest BCUT2D eigenvalue weighted by atomic mass is 127. The number of hydrogen-bond donors (Lipinski definition) is 1. The Kier molecular flexibility index (Phi) is 3.62. The molecular formula is C15H9F2IN2O. The highest BCUT2D eigenvalue weighted by molar-refractivity contribution is 14.1. The molecule has 0 saturated carbocycles. The van der Waals surface area contributed by atoms with Crippen LogP contribution in [0.4, 0.5) is 14.6 Å². The summed E-state index contributed by atoms with van der Waals surface area (Å²) in [5, 5.41) is 3.72. The maximum Gasteiger partial charge on any atom is 0.177 e. The monoisotopic (exact) mass is 398 g/mol. The molecule has 0 amide bonds. The van der Waals surface area contributed by atoms with E-state index < -0.39 is 11.6 Å². The zero-order chi connectivity index (χ0) is 15.0. The molecule has 0 unspecified atom stereocenters. The molecule has 21 heavy (non-hydrogen) atoms. The summed E-state index contributed by atoms with van der Waals surface area (Å²) in [6.07, 6.45) is 0. The average molecular weight is 398 g/mol. The minimum Gasteiger partial charge on any atom is -0.380 e. The third-order valence-corrected chi connectivity index (χ3v) is 3.93. The number of nitrogens with zero attached hydrogens (tertiary/aromatic N) is 1.